The second-order valence-electron chi connectivity index (χ2n) is 6.53. The summed E-state index contributed by atoms with van der Waals surface area (Å²) in [6, 6.07) is 22.2. The van der Waals surface area contributed by atoms with Crippen molar-refractivity contribution in [2.24, 2.45) is 0 Å². The molecule has 0 saturated heterocycles. The molecule has 4 aromatic rings. The van der Waals surface area contributed by atoms with Gasteiger partial charge in [-0.15, -0.1) is 0 Å². The van der Waals surface area contributed by atoms with E-state index < -0.39 is 0 Å². The van der Waals surface area contributed by atoms with Crippen LogP contribution in [-0.2, 0) is 0 Å². The monoisotopic (exact) mass is 385 g/mol. The van der Waals surface area contributed by atoms with E-state index in [4.69, 9.17) is 10.5 Å². The lowest BCUT2D eigenvalue weighted by Crippen LogP contribution is -2.20. The lowest BCUT2D eigenvalue weighted by atomic mass is 10.1. The number of nitrogen functional groups attached to an aromatic ring is 1. The van der Waals surface area contributed by atoms with E-state index in [1.165, 1.54) is 11.7 Å². The van der Waals surface area contributed by atoms with Crippen LogP contribution in [0.25, 0.3) is 10.8 Å². The Kier molecular flexibility index (Phi) is 5.16. The first-order valence-corrected chi connectivity index (χ1v) is 9.48. The van der Waals surface area contributed by atoms with Crippen LogP contribution in [-0.4, -0.2) is 23.6 Å². The number of benzene rings is 3. The number of anilines is 5. The van der Waals surface area contributed by atoms with Gasteiger partial charge in [0.2, 0.25) is 0 Å². The highest BCUT2D eigenvalue weighted by molar-refractivity contribution is 5.97. The molecule has 0 radical (unpaired) electrons. The quantitative estimate of drug-likeness (QED) is 0.480. The Bertz CT molecular complexity index is 1140. The number of ether oxygens (including phenoxy) is 1. The largest absolute Gasteiger partial charge is 0.495 e. The van der Waals surface area contributed by atoms with Crippen molar-refractivity contribution in [3.63, 3.8) is 0 Å². The minimum absolute atomic E-state index is 0.480. The van der Waals surface area contributed by atoms with Crippen LogP contribution < -0.4 is 20.7 Å². The van der Waals surface area contributed by atoms with Crippen LogP contribution in [0, 0.1) is 0 Å². The van der Waals surface area contributed by atoms with Crippen molar-refractivity contribution >= 4 is 39.5 Å². The van der Waals surface area contributed by atoms with Gasteiger partial charge in [0.25, 0.3) is 0 Å². The van der Waals surface area contributed by atoms with Gasteiger partial charge in [-0.25, -0.2) is 9.97 Å². The molecule has 4 rings (SSSR count). The first kappa shape index (κ1) is 18.6. The maximum absolute atomic E-state index is 6.51. The minimum Gasteiger partial charge on any atom is -0.495 e. The number of fused-ring (bicyclic) bond motifs is 1. The summed E-state index contributed by atoms with van der Waals surface area (Å²) in [5, 5.41) is 5.59. The Morgan fingerprint density at radius 2 is 1.72 bits per heavy atom. The van der Waals surface area contributed by atoms with Crippen LogP contribution in [0.2, 0.25) is 0 Å². The first-order chi connectivity index (χ1) is 14.2. The molecule has 3 aromatic carbocycles. The predicted octanol–water partition coefficient (Wildman–Crippen LogP) is 5.12. The Labute approximate surface area is 170 Å². The maximum atomic E-state index is 6.51. The van der Waals surface area contributed by atoms with E-state index in [2.05, 4.69) is 51.4 Å². The number of hydrogen-bond donors (Lipinski definition) is 2. The van der Waals surface area contributed by atoms with Gasteiger partial charge in [0.15, 0.2) is 11.6 Å². The van der Waals surface area contributed by atoms with Crippen LogP contribution in [0.3, 0.4) is 0 Å². The molecule has 0 saturated carbocycles. The SMILES string of the molecule is CCN(c1ncnc(Nc2ccccc2OC)c1N)c1cccc2ccccc12. The van der Waals surface area contributed by atoms with Crippen LogP contribution in [0.5, 0.6) is 5.75 Å². The van der Waals surface area contributed by atoms with Crippen LogP contribution in [0.1, 0.15) is 6.92 Å². The second-order valence-corrected chi connectivity index (χ2v) is 6.53. The van der Waals surface area contributed by atoms with E-state index >= 15 is 0 Å². The van der Waals surface area contributed by atoms with Gasteiger partial charge in [-0.1, -0.05) is 48.5 Å². The van der Waals surface area contributed by atoms with E-state index in [0.717, 1.165) is 16.8 Å². The zero-order valence-electron chi connectivity index (χ0n) is 16.5. The van der Waals surface area contributed by atoms with Gasteiger partial charge in [0.1, 0.15) is 17.8 Å². The van der Waals surface area contributed by atoms with E-state index in [1.807, 2.05) is 42.5 Å². The number of nitrogens with one attached hydrogen (secondary N) is 1. The summed E-state index contributed by atoms with van der Waals surface area (Å²) in [5.74, 6) is 1.92. The summed E-state index contributed by atoms with van der Waals surface area (Å²) in [6.45, 7) is 2.79. The minimum atomic E-state index is 0.480. The van der Waals surface area contributed by atoms with Crippen LogP contribution >= 0.6 is 0 Å². The molecule has 0 aliphatic rings. The van der Waals surface area contributed by atoms with Crippen molar-refractivity contribution in [2.75, 3.05) is 29.6 Å². The first-order valence-electron chi connectivity index (χ1n) is 9.48. The Hall–Kier alpha value is -3.80. The zero-order chi connectivity index (χ0) is 20.2. The highest BCUT2D eigenvalue weighted by Gasteiger charge is 2.18. The third-order valence-electron chi connectivity index (χ3n) is 4.85. The molecule has 29 heavy (non-hydrogen) atoms. The van der Waals surface area contributed by atoms with Crippen molar-refractivity contribution in [3.8, 4) is 5.75 Å². The van der Waals surface area contributed by atoms with Crippen molar-refractivity contribution < 1.29 is 4.74 Å². The number of aromatic nitrogens is 2. The molecule has 1 aromatic heterocycles. The van der Waals surface area contributed by atoms with Crippen molar-refractivity contribution in [3.05, 3.63) is 73.1 Å². The van der Waals surface area contributed by atoms with E-state index in [0.29, 0.717) is 29.6 Å². The van der Waals surface area contributed by atoms with Gasteiger partial charge in [0, 0.05) is 11.9 Å². The predicted molar refractivity (Wildman–Crippen MR) is 119 cm³/mol. The maximum Gasteiger partial charge on any atom is 0.161 e. The Morgan fingerprint density at radius 3 is 2.55 bits per heavy atom. The van der Waals surface area contributed by atoms with Crippen molar-refractivity contribution in [1.82, 2.24) is 9.97 Å². The Morgan fingerprint density at radius 1 is 0.966 bits per heavy atom. The molecule has 0 aliphatic carbocycles. The van der Waals surface area contributed by atoms with Gasteiger partial charge in [0.05, 0.1) is 18.5 Å². The molecule has 0 spiro atoms. The van der Waals surface area contributed by atoms with E-state index in [1.54, 1.807) is 7.11 Å². The average Bonchev–Trinajstić information content (AvgIpc) is 2.77. The summed E-state index contributed by atoms with van der Waals surface area (Å²) >= 11 is 0. The fourth-order valence-electron chi connectivity index (χ4n) is 3.45. The van der Waals surface area contributed by atoms with Gasteiger partial charge >= 0.3 is 0 Å². The highest BCUT2D eigenvalue weighted by atomic mass is 16.5. The molecule has 3 N–H and O–H groups in total. The standard InChI is InChI=1S/C23H23N5O/c1-3-28(19-13-8-10-16-9-4-5-11-17(16)19)23-21(24)22(25-15-26-23)27-18-12-6-7-14-20(18)29-2/h4-15H,3,24H2,1-2H3,(H,25,26,27). The number of hydrogen-bond acceptors (Lipinski definition) is 6. The number of para-hydroxylation sites is 2. The molecule has 0 bridgehead atoms. The molecular formula is C23H23N5O. The lowest BCUT2D eigenvalue weighted by molar-refractivity contribution is 0.417. The summed E-state index contributed by atoms with van der Waals surface area (Å²) < 4.78 is 5.42. The third kappa shape index (κ3) is 3.52. The summed E-state index contributed by atoms with van der Waals surface area (Å²) in [5.41, 5.74) is 8.84. The molecule has 1 heterocycles. The molecule has 0 atom stereocenters. The molecule has 0 fully saturated rings. The molecule has 0 unspecified atom stereocenters. The summed E-state index contributed by atoms with van der Waals surface area (Å²) in [7, 11) is 1.63. The zero-order valence-corrected chi connectivity index (χ0v) is 16.5. The molecule has 146 valence electrons. The van der Waals surface area contributed by atoms with Crippen molar-refractivity contribution in [1.29, 1.82) is 0 Å². The molecule has 6 nitrogen and oxygen atoms in total. The van der Waals surface area contributed by atoms with E-state index in [9.17, 15) is 0 Å². The molecule has 0 aliphatic heterocycles. The van der Waals surface area contributed by atoms with Gasteiger partial charge in [-0.05, 0) is 30.5 Å². The summed E-state index contributed by atoms with van der Waals surface area (Å²) in [4.78, 5) is 11.0. The average molecular weight is 385 g/mol. The fraction of sp³-hybridized carbons (Fsp3) is 0.130. The normalized spacial score (nSPS) is 10.7. The smallest absolute Gasteiger partial charge is 0.161 e. The van der Waals surface area contributed by atoms with Crippen molar-refractivity contribution in [2.45, 2.75) is 6.92 Å². The van der Waals surface area contributed by atoms with E-state index in [-0.39, 0.29) is 0 Å². The number of methoxy groups -OCH3 is 1. The van der Waals surface area contributed by atoms with Gasteiger partial charge in [-0.2, -0.15) is 0 Å². The number of nitrogens with zero attached hydrogens (tertiary/aromatic N) is 3. The second kappa shape index (κ2) is 8.06. The van der Waals surface area contributed by atoms with Gasteiger partial charge < -0.3 is 20.7 Å². The number of rotatable bonds is 6. The summed E-state index contributed by atoms with van der Waals surface area (Å²) in [6.07, 6.45) is 1.53. The third-order valence-corrected chi connectivity index (χ3v) is 4.85. The molecular weight excluding hydrogens is 362 g/mol. The lowest BCUT2D eigenvalue weighted by Gasteiger charge is -2.25. The fourth-order valence-corrected chi connectivity index (χ4v) is 3.45. The topological polar surface area (TPSA) is 76.3 Å². The van der Waals surface area contributed by atoms with Gasteiger partial charge in [-0.3, -0.25) is 0 Å². The highest BCUT2D eigenvalue weighted by Crippen LogP contribution is 2.37. The Balaban J connectivity index is 1.77. The molecule has 6 heteroatoms. The molecule has 0 amide bonds. The van der Waals surface area contributed by atoms with Crippen LogP contribution in [0.4, 0.5) is 28.7 Å². The number of nitrogens with two attached hydrogens (primary N) is 1. The van der Waals surface area contributed by atoms with Crippen LogP contribution in [0.15, 0.2) is 73.1 Å².